The number of fused-ring (bicyclic) bond motifs is 1. The molecule has 2 saturated heterocycles. The Bertz CT molecular complexity index is 376. The van der Waals surface area contributed by atoms with Crippen molar-refractivity contribution in [3.8, 4) is 0 Å². The van der Waals surface area contributed by atoms with E-state index >= 15 is 0 Å². The fourth-order valence-corrected chi connectivity index (χ4v) is 3.61. The molecule has 0 radical (unpaired) electrons. The molecule has 6 atom stereocenters. The van der Waals surface area contributed by atoms with Crippen LogP contribution in [0.25, 0.3) is 0 Å². The van der Waals surface area contributed by atoms with E-state index in [4.69, 9.17) is 21.1 Å². The summed E-state index contributed by atoms with van der Waals surface area (Å²) >= 11 is 6.09. The highest BCUT2D eigenvalue weighted by atomic mass is 35.5. The Morgan fingerprint density at radius 3 is 2.76 bits per heavy atom. The molecule has 7 nitrogen and oxygen atoms in total. The van der Waals surface area contributed by atoms with E-state index in [0.717, 1.165) is 25.7 Å². The largest absolute Gasteiger partial charge is 0.349 e. The lowest BCUT2D eigenvalue weighted by Gasteiger charge is -2.35. The summed E-state index contributed by atoms with van der Waals surface area (Å²) in [7, 11) is 0. The van der Waals surface area contributed by atoms with Gasteiger partial charge in [0.2, 0.25) is 0 Å². The van der Waals surface area contributed by atoms with E-state index in [9.17, 15) is 4.79 Å². The van der Waals surface area contributed by atoms with Crippen molar-refractivity contribution in [2.75, 3.05) is 6.79 Å². The molecule has 4 N–H and O–H groups in total. The van der Waals surface area contributed by atoms with Crippen molar-refractivity contribution in [3.63, 3.8) is 0 Å². The van der Waals surface area contributed by atoms with Crippen molar-refractivity contribution in [2.24, 2.45) is 0 Å². The van der Waals surface area contributed by atoms with Gasteiger partial charge in [-0.15, -0.1) is 11.6 Å². The van der Waals surface area contributed by atoms with Crippen LogP contribution >= 0.6 is 11.6 Å². The third-order valence-electron chi connectivity index (χ3n) is 4.27. The van der Waals surface area contributed by atoms with Crippen LogP contribution in [0.1, 0.15) is 32.6 Å². The second-order valence-electron chi connectivity index (χ2n) is 6.03. The zero-order chi connectivity index (χ0) is 14.8. The first-order valence-corrected chi connectivity index (χ1v) is 8.00. The van der Waals surface area contributed by atoms with Crippen LogP contribution in [0.2, 0.25) is 0 Å². The van der Waals surface area contributed by atoms with Gasteiger partial charge in [-0.05, 0) is 32.6 Å². The number of urea groups is 1. The first-order chi connectivity index (χ1) is 10.1. The third kappa shape index (κ3) is 3.98. The summed E-state index contributed by atoms with van der Waals surface area (Å²) in [5.74, 6) is 0. The van der Waals surface area contributed by atoms with Gasteiger partial charge in [-0.1, -0.05) is 0 Å². The Kier molecular flexibility index (Phi) is 4.85. The van der Waals surface area contributed by atoms with Gasteiger partial charge in [0.25, 0.3) is 0 Å². The first-order valence-electron chi connectivity index (χ1n) is 7.56. The Labute approximate surface area is 129 Å². The van der Waals surface area contributed by atoms with Gasteiger partial charge in [0, 0.05) is 12.1 Å². The van der Waals surface area contributed by atoms with Gasteiger partial charge in [0.05, 0.1) is 17.7 Å². The third-order valence-corrected chi connectivity index (χ3v) is 4.57. The summed E-state index contributed by atoms with van der Waals surface area (Å²) in [6, 6.07) is 0.194. The number of amides is 2. The second kappa shape index (κ2) is 6.66. The lowest BCUT2D eigenvalue weighted by molar-refractivity contribution is 0.0393. The molecule has 1 saturated carbocycles. The Balaban J connectivity index is 1.43. The molecule has 2 amide bonds. The van der Waals surface area contributed by atoms with E-state index < -0.39 is 0 Å². The van der Waals surface area contributed by atoms with Gasteiger partial charge in [0.1, 0.15) is 13.1 Å². The minimum Gasteiger partial charge on any atom is -0.349 e. The SMILES string of the molecule is CC1CC(Cl)NC(NC(=O)NC2CCC3OCOC3C2)N1. The fraction of sp³-hybridized carbons (Fsp3) is 0.923. The number of ether oxygens (including phenoxy) is 2. The summed E-state index contributed by atoms with van der Waals surface area (Å²) in [5.41, 5.74) is -0.133. The highest BCUT2D eigenvalue weighted by Gasteiger charge is 2.36. The molecule has 3 aliphatic rings. The van der Waals surface area contributed by atoms with E-state index in [1.807, 2.05) is 6.92 Å². The summed E-state index contributed by atoms with van der Waals surface area (Å²) in [5, 5.41) is 12.2. The Morgan fingerprint density at radius 1 is 1.14 bits per heavy atom. The topological polar surface area (TPSA) is 83.7 Å². The molecule has 2 heterocycles. The predicted octanol–water partition coefficient (Wildman–Crippen LogP) is 0.400. The molecule has 1 aliphatic carbocycles. The van der Waals surface area contributed by atoms with Crippen LogP contribution in [0.3, 0.4) is 0 Å². The highest BCUT2D eigenvalue weighted by molar-refractivity contribution is 6.20. The summed E-state index contributed by atoms with van der Waals surface area (Å²) < 4.78 is 11.0. The molecule has 0 bridgehead atoms. The molecule has 0 aromatic rings. The van der Waals surface area contributed by atoms with E-state index in [2.05, 4.69) is 21.3 Å². The molecule has 0 aromatic heterocycles. The van der Waals surface area contributed by atoms with Crippen molar-refractivity contribution >= 4 is 17.6 Å². The Hall–Kier alpha value is -0.600. The van der Waals surface area contributed by atoms with Crippen LogP contribution in [0.5, 0.6) is 0 Å². The van der Waals surface area contributed by atoms with E-state index in [1.165, 1.54) is 0 Å². The van der Waals surface area contributed by atoms with Gasteiger partial charge in [-0.2, -0.15) is 0 Å². The number of alkyl halides is 1. The molecule has 3 rings (SSSR count). The minimum absolute atomic E-state index is 0.113. The molecular weight excluding hydrogens is 296 g/mol. The number of carbonyl (C=O) groups is 1. The quantitative estimate of drug-likeness (QED) is 0.437. The fourth-order valence-electron chi connectivity index (χ4n) is 3.21. The molecule has 3 fully saturated rings. The van der Waals surface area contributed by atoms with Gasteiger partial charge in [0.15, 0.2) is 0 Å². The average Bonchev–Trinajstić information content (AvgIpc) is 2.84. The van der Waals surface area contributed by atoms with Gasteiger partial charge < -0.3 is 20.1 Å². The Morgan fingerprint density at radius 2 is 1.95 bits per heavy atom. The van der Waals surface area contributed by atoms with E-state index in [1.54, 1.807) is 0 Å². The maximum absolute atomic E-state index is 12.1. The number of carbonyl (C=O) groups excluding carboxylic acids is 1. The van der Waals surface area contributed by atoms with Crippen molar-refractivity contribution in [1.29, 1.82) is 0 Å². The predicted molar refractivity (Wildman–Crippen MR) is 77.7 cm³/mol. The smallest absolute Gasteiger partial charge is 0.317 e. The second-order valence-corrected chi connectivity index (χ2v) is 6.55. The van der Waals surface area contributed by atoms with Gasteiger partial charge in [-0.25, -0.2) is 4.79 Å². The van der Waals surface area contributed by atoms with Crippen molar-refractivity contribution in [3.05, 3.63) is 0 Å². The molecule has 21 heavy (non-hydrogen) atoms. The number of hydrogen-bond acceptors (Lipinski definition) is 5. The highest BCUT2D eigenvalue weighted by Crippen LogP contribution is 2.28. The maximum atomic E-state index is 12.1. The van der Waals surface area contributed by atoms with Gasteiger partial charge >= 0.3 is 6.03 Å². The lowest BCUT2D eigenvalue weighted by Crippen LogP contribution is -2.65. The first kappa shape index (κ1) is 15.3. The lowest BCUT2D eigenvalue weighted by atomic mass is 9.91. The van der Waals surface area contributed by atoms with Crippen LogP contribution in [0, 0.1) is 0 Å². The number of halogens is 1. The molecule has 0 aromatic carbocycles. The maximum Gasteiger partial charge on any atom is 0.317 e. The van der Waals surface area contributed by atoms with Gasteiger partial charge in [-0.3, -0.25) is 10.6 Å². The number of rotatable bonds is 2. The van der Waals surface area contributed by atoms with Crippen molar-refractivity contribution in [2.45, 2.75) is 68.7 Å². The van der Waals surface area contributed by atoms with Crippen LogP contribution in [-0.2, 0) is 9.47 Å². The minimum atomic E-state index is -0.307. The molecule has 2 aliphatic heterocycles. The zero-order valence-electron chi connectivity index (χ0n) is 12.1. The summed E-state index contributed by atoms with van der Waals surface area (Å²) in [6.45, 7) is 2.42. The van der Waals surface area contributed by atoms with Crippen molar-refractivity contribution in [1.82, 2.24) is 21.3 Å². The standard InChI is InChI=1S/C13H23ClN4O3/c1-7-4-11(14)17-12(15-7)18-13(19)16-8-2-3-9-10(5-8)21-6-20-9/h7-12,15,17H,2-6H2,1H3,(H2,16,18,19). The normalized spacial score (nSPS) is 43.1. The van der Waals surface area contributed by atoms with Crippen LogP contribution < -0.4 is 21.3 Å². The van der Waals surface area contributed by atoms with E-state index in [-0.39, 0.29) is 42.1 Å². The number of nitrogens with one attached hydrogen (secondary N) is 4. The summed E-state index contributed by atoms with van der Waals surface area (Å²) in [4.78, 5) is 12.1. The average molecular weight is 319 g/mol. The summed E-state index contributed by atoms with van der Waals surface area (Å²) in [6.07, 6.45) is 3.48. The van der Waals surface area contributed by atoms with Crippen LogP contribution in [0.4, 0.5) is 4.79 Å². The van der Waals surface area contributed by atoms with Crippen LogP contribution in [0.15, 0.2) is 0 Å². The molecule has 8 heteroatoms. The zero-order valence-corrected chi connectivity index (χ0v) is 12.9. The van der Waals surface area contributed by atoms with Crippen LogP contribution in [-0.4, -0.2) is 48.9 Å². The molecular formula is C13H23ClN4O3. The van der Waals surface area contributed by atoms with E-state index in [0.29, 0.717) is 6.79 Å². The molecule has 120 valence electrons. The molecule has 6 unspecified atom stereocenters. The van der Waals surface area contributed by atoms with Crippen molar-refractivity contribution < 1.29 is 14.3 Å². The monoisotopic (exact) mass is 318 g/mol. The number of hydrogen-bond donors (Lipinski definition) is 4. The molecule has 0 spiro atoms.